The highest BCUT2D eigenvalue weighted by Gasteiger charge is 2.38. The predicted octanol–water partition coefficient (Wildman–Crippen LogP) is 2.63. The molecule has 0 spiro atoms. The number of benzene rings is 1. The van der Waals surface area contributed by atoms with Gasteiger partial charge in [-0.1, -0.05) is 42.5 Å². The van der Waals surface area contributed by atoms with Crippen LogP contribution in [0.25, 0.3) is 0 Å². The summed E-state index contributed by atoms with van der Waals surface area (Å²) >= 11 is 5.14. The second kappa shape index (κ2) is 5.92. The molecular formula is C16H22N2OS. The summed E-state index contributed by atoms with van der Waals surface area (Å²) in [5.41, 5.74) is 6.29. The first-order valence-electron chi connectivity index (χ1n) is 7.10. The number of likely N-dealkylation sites (tertiary alicyclic amines) is 1. The lowest BCUT2D eigenvalue weighted by atomic mass is 9.82. The van der Waals surface area contributed by atoms with E-state index in [9.17, 15) is 4.79 Å². The highest BCUT2D eigenvalue weighted by molar-refractivity contribution is 7.80. The van der Waals surface area contributed by atoms with Crippen molar-refractivity contribution in [2.45, 2.75) is 44.6 Å². The standard InChI is InChI=1S/C16H22N2OS/c1-16(2,12-8-4-3-5-9-12)15(19)18-11-7-6-10-13(18)14(17)20/h3-5,8-9,13H,6-7,10-11H2,1-2H3,(H2,17,20). The predicted molar refractivity (Wildman–Crippen MR) is 85.6 cm³/mol. The molecule has 1 aromatic carbocycles. The largest absolute Gasteiger partial charge is 0.392 e. The number of piperidine rings is 1. The van der Waals surface area contributed by atoms with Gasteiger partial charge in [0.05, 0.1) is 16.4 Å². The quantitative estimate of drug-likeness (QED) is 0.871. The van der Waals surface area contributed by atoms with Crippen LogP contribution in [0.4, 0.5) is 0 Å². The lowest BCUT2D eigenvalue weighted by molar-refractivity contribution is -0.138. The van der Waals surface area contributed by atoms with Crippen molar-refractivity contribution in [1.82, 2.24) is 4.90 Å². The third kappa shape index (κ3) is 2.85. The Morgan fingerprint density at radius 3 is 2.55 bits per heavy atom. The molecule has 4 heteroatoms. The van der Waals surface area contributed by atoms with Gasteiger partial charge in [0.2, 0.25) is 5.91 Å². The molecule has 1 unspecified atom stereocenters. The molecule has 108 valence electrons. The Balaban J connectivity index is 2.27. The maximum atomic E-state index is 12.9. The summed E-state index contributed by atoms with van der Waals surface area (Å²) in [4.78, 5) is 15.3. The van der Waals surface area contributed by atoms with Gasteiger partial charge < -0.3 is 10.6 Å². The Morgan fingerprint density at radius 2 is 1.95 bits per heavy atom. The number of carbonyl (C=O) groups is 1. The lowest BCUT2D eigenvalue weighted by Gasteiger charge is -2.40. The number of nitrogens with two attached hydrogens (primary N) is 1. The fourth-order valence-corrected chi connectivity index (χ4v) is 3.05. The molecule has 3 nitrogen and oxygen atoms in total. The van der Waals surface area contributed by atoms with E-state index in [0.717, 1.165) is 31.4 Å². The Bertz CT molecular complexity index is 498. The minimum atomic E-state index is -0.554. The fraction of sp³-hybridized carbons (Fsp3) is 0.500. The van der Waals surface area contributed by atoms with Crippen molar-refractivity contribution < 1.29 is 4.79 Å². The normalized spacial score (nSPS) is 19.7. The van der Waals surface area contributed by atoms with Crippen LogP contribution in [0.2, 0.25) is 0 Å². The van der Waals surface area contributed by atoms with Crippen LogP contribution in [0.3, 0.4) is 0 Å². The van der Waals surface area contributed by atoms with Gasteiger partial charge in [-0.3, -0.25) is 4.79 Å². The first-order chi connectivity index (χ1) is 9.44. The van der Waals surface area contributed by atoms with E-state index >= 15 is 0 Å². The van der Waals surface area contributed by atoms with Crippen molar-refractivity contribution in [2.24, 2.45) is 5.73 Å². The summed E-state index contributed by atoms with van der Waals surface area (Å²) in [7, 11) is 0. The van der Waals surface area contributed by atoms with Gasteiger partial charge in [0, 0.05) is 6.54 Å². The molecule has 1 heterocycles. The number of hydrogen-bond acceptors (Lipinski definition) is 2. The molecule has 2 N–H and O–H groups in total. The van der Waals surface area contributed by atoms with Crippen LogP contribution in [0.1, 0.15) is 38.7 Å². The molecule has 0 aromatic heterocycles. The number of rotatable bonds is 3. The van der Waals surface area contributed by atoms with E-state index in [4.69, 9.17) is 18.0 Å². The van der Waals surface area contributed by atoms with E-state index in [1.165, 1.54) is 0 Å². The fourth-order valence-electron chi connectivity index (χ4n) is 2.81. The Morgan fingerprint density at radius 1 is 1.30 bits per heavy atom. The Kier molecular flexibility index (Phi) is 4.43. The van der Waals surface area contributed by atoms with Crippen LogP contribution in [-0.4, -0.2) is 28.4 Å². The first kappa shape index (κ1) is 15.0. The summed E-state index contributed by atoms with van der Waals surface area (Å²) in [5, 5.41) is 0. The molecule has 0 bridgehead atoms. The third-order valence-corrected chi connectivity index (χ3v) is 4.39. The van der Waals surface area contributed by atoms with E-state index in [1.807, 2.05) is 49.1 Å². The zero-order valence-electron chi connectivity index (χ0n) is 12.1. The summed E-state index contributed by atoms with van der Waals surface area (Å²) in [5.74, 6) is 0.112. The molecule has 1 fully saturated rings. The molecule has 0 aliphatic carbocycles. The van der Waals surface area contributed by atoms with Crippen molar-refractivity contribution in [1.29, 1.82) is 0 Å². The Hall–Kier alpha value is -1.42. The van der Waals surface area contributed by atoms with Crippen LogP contribution in [0, 0.1) is 0 Å². The van der Waals surface area contributed by atoms with Gasteiger partial charge in [-0.2, -0.15) is 0 Å². The third-order valence-electron chi connectivity index (χ3n) is 4.12. The highest BCUT2D eigenvalue weighted by atomic mass is 32.1. The molecule has 0 saturated carbocycles. The minimum Gasteiger partial charge on any atom is -0.392 e. The van der Waals surface area contributed by atoms with Gasteiger partial charge in [-0.05, 0) is 38.7 Å². The van der Waals surface area contributed by atoms with E-state index in [2.05, 4.69) is 0 Å². The second-order valence-corrected chi connectivity index (χ2v) is 6.37. The van der Waals surface area contributed by atoms with Gasteiger partial charge >= 0.3 is 0 Å². The van der Waals surface area contributed by atoms with E-state index in [-0.39, 0.29) is 11.9 Å². The topological polar surface area (TPSA) is 46.3 Å². The van der Waals surface area contributed by atoms with E-state index < -0.39 is 5.41 Å². The first-order valence-corrected chi connectivity index (χ1v) is 7.51. The van der Waals surface area contributed by atoms with Crippen LogP contribution in [0.5, 0.6) is 0 Å². The zero-order valence-corrected chi connectivity index (χ0v) is 13.0. The summed E-state index contributed by atoms with van der Waals surface area (Å²) in [6, 6.07) is 9.80. The van der Waals surface area contributed by atoms with Gasteiger partial charge in [-0.25, -0.2) is 0 Å². The van der Waals surface area contributed by atoms with Gasteiger partial charge in [-0.15, -0.1) is 0 Å². The number of hydrogen-bond donors (Lipinski definition) is 1. The van der Waals surface area contributed by atoms with Gasteiger partial charge in [0.25, 0.3) is 0 Å². The van der Waals surface area contributed by atoms with Crippen molar-refractivity contribution in [3.05, 3.63) is 35.9 Å². The molecule has 1 aliphatic rings. The average Bonchev–Trinajstić information content (AvgIpc) is 2.47. The van der Waals surface area contributed by atoms with E-state index in [0.29, 0.717) is 4.99 Å². The molecule has 1 aromatic rings. The SMILES string of the molecule is CC(C)(C(=O)N1CCCCC1C(N)=S)c1ccccc1. The number of amides is 1. The van der Waals surface area contributed by atoms with Gasteiger partial charge in [0.1, 0.15) is 0 Å². The van der Waals surface area contributed by atoms with Crippen LogP contribution in [0.15, 0.2) is 30.3 Å². The van der Waals surface area contributed by atoms with Crippen LogP contribution >= 0.6 is 12.2 Å². The van der Waals surface area contributed by atoms with Crippen molar-refractivity contribution in [2.75, 3.05) is 6.54 Å². The number of thiocarbonyl (C=S) groups is 1. The molecule has 1 amide bonds. The van der Waals surface area contributed by atoms with Crippen LogP contribution < -0.4 is 5.73 Å². The molecule has 1 aliphatic heterocycles. The average molecular weight is 290 g/mol. The van der Waals surface area contributed by atoms with Crippen molar-refractivity contribution in [3.8, 4) is 0 Å². The molecule has 0 radical (unpaired) electrons. The summed E-state index contributed by atoms with van der Waals surface area (Å²) in [6.07, 6.45) is 2.99. The molecular weight excluding hydrogens is 268 g/mol. The van der Waals surface area contributed by atoms with Crippen LogP contribution in [-0.2, 0) is 10.2 Å². The molecule has 2 rings (SSSR count). The van der Waals surface area contributed by atoms with Crippen molar-refractivity contribution in [3.63, 3.8) is 0 Å². The highest BCUT2D eigenvalue weighted by Crippen LogP contribution is 2.29. The monoisotopic (exact) mass is 290 g/mol. The van der Waals surface area contributed by atoms with Gasteiger partial charge in [0.15, 0.2) is 0 Å². The molecule has 1 atom stereocenters. The number of nitrogens with zero attached hydrogens (tertiary/aromatic N) is 1. The number of carbonyl (C=O) groups excluding carboxylic acids is 1. The maximum Gasteiger partial charge on any atom is 0.233 e. The zero-order chi connectivity index (χ0) is 14.8. The Labute approximate surface area is 126 Å². The smallest absolute Gasteiger partial charge is 0.233 e. The van der Waals surface area contributed by atoms with E-state index in [1.54, 1.807) is 0 Å². The molecule has 1 saturated heterocycles. The molecule has 20 heavy (non-hydrogen) atoms. The summed E-state index contributed by atoms with van der Waals surface area (Å²) in [6.45, 7) is 4.68. The second-order valence-electron chi connectivity index (χ2n) is 5.90. The summed E-state index contributed by atoms with van der Waals surface area (Å²) < 4.78 is 0. The minimum absolute atomic E-state index is 0.0887. The maximum absolute atomic E-state index is 12.9. The van der Waals surface area contributed by atoms with Crippen molar-refractivity contribution >= 4 is 23.1 Å². The lowest BCUT2D eigenvalue weighted by Crippen LogP contribution is -2.54.